The van der Waals surface area contributed by atoms with Crippen molar-refractivity contribution in [2.24, 2.45) is 5.92 Å². The average Bonchev–Trinajstić information content (AvgIpc) is 2.87. The third-order valence-electron chi connectivity index (χ3n) is 5.28. The molecular formula is C30H26O4. The highest BCUT2D eigenvalue weighted by atomic mass is 16.6. The fourth-order valence-corrected chi connectivity index (χ4v) is 3.70. The minimum Gasteiger partial charge on any atom is -0.419 e. The number of ether oxygens (including phenoxy) is 2. The van der Waals surface area contributed by atoms with Crippen LogP contribution < -0.4 is 9.47 Å². The van der Waals surface area contributed by atoms with E-state index < -0.39 is 11.9 Å². The Kier molecular flexibility index (Phi) is 7.19. The minimum atomic E-state index is -0.515. The Labute approximate surface area is 199 Å². The molecule has 4 heteroatoms. The highest BCUT2D eigenvalue weighted by Gasteiger charge is 2.22. The van der Waals surface area contributed by atoms with Crippen molar-refractivity contribution in [2.75, 3.05) is 0 Å². The molecule has 170 valence electrons. The second-order valence-electron chi connectivity index (χ2n) is 8.44. The first-order valence-corrected chi connectivity index (χ1v) is 11.3. The zero-order valence-electron chi connectivity index (χ0n) is 19.2. The molecule has 0 amide bonds. The van der Waals surface area contributed by atoms with Gasteiger partial charge in [0.15, 0.2) is 11.5 Å². The van der Waals surface area contributed by atoms with Gasteiger partial charge in [-0.05, 0) is 65.4 Å². The van der Waals surface area contributed by atoms with Crippen LogP contribution in [0.15, 0.2) is 103 Å². The topological polar surface area (TPSA) is 52.6 Å². The molecule has 0 aliphatic rings. The van der Waals surface area contributed by atoms with Crippen LogP contribution in [0.25, 0.3) is 11.1 Å². The summed E-state index contributed by atoms with van der Waals surface area (Å²) in [6.45, 7) is 4.18. The molecule has 4 aromatic carbocycles. The van der Waals surface area contributed by atoms with Crippen LogP contribution in [0, 0.1) is 5.92 Å². The molecule has 0 radical (unpaired) electrons. The van der Waals surface area contributed by atoms with E-state index in [4.69, 9.17) is 9.47 Å². The lowest BCUT2D eigenvalue weighted by Gasteiger charge is -2.18. The van der Waals surface area contributed by atoms with Gasteiger partial charge in [-0.3, -0.25) is 0 Å². The normalized spacial score (nSPS) is 10.7. The van der Waals surface area contributed by atoms with E-state index >= 15 is 0 Å². The van der Waals surface area contributed by atoms with Gasteiger partial charge in [0.1, 0.15) is 0 Å². The maximum Gasteiger partial charge on any atom is 0.343 e. The molecule has 0 spiro atoms. The molecule has 4 rings (SSSR count). The van der Waals surface area contributed by atoms with Crippen molar-refractivity contribution >= 4 is 11.9 Å². The van der Waals surface area contributed by atoms with E-state index in [1.807, 2.05) is 48.5 Å². The van der Waals surface area contributed by atoms with E-state index in [9.17, 15) is 9.59 Å². The summed E-state index contributed by atoms with van der Waals surface area (Å²) < 4.78 is 11.7. The number of hydrogen-bond acceptors (Lipinski definition) is 4. The second-order valence-corrected chi connectivity index (χ2v) is 8.44. The van der Waals surface area contributed by atoms with Crippen molar-refractivity contribution in [3.63, 3.8) is 0 Å². The van der Waals surface area contributed by atoms with Crippen LogP contribution in [0.5, 0.6) is 11.5 Å². The van der Waals surface area contributed by atoms with Crippen LogP contribution in [-0.4, -0.2) is 11.9 Å². The van der Waals surface area contributed by atoms with Crippen molar-refractivity contribution in [1.82, 2.24) is 0 Å². The van der Waals surface area contributed by atoms with Crippen LogP contribution in [-0.2, 0) is 6.42 Å². The van der Waals surface area contributed by atoms with E-state index in [1.54, 1.807) is 54.6 Å². The molecule has 0 bridgehead atoms. The van der Waals surface area contributed by atoms with Crippen molar-refractivity contribution < 1.29 is 19.1 Å². The molecule has 0 N–H and O–H groups in total. The van der Waals surface area contributed by atoms with E-state index in [0.717, 1.165) is 16.7 Å². The molecule has 0 fully saturated rings. The van der Waals surface area contributed by atoms with Gasteiger partial charge < -0.3 is 9.47 Å². The lowest BCUT2D eigenvalue weighted by atomic mass is 9.96. The third-order valence-corrected chi connectivity index (χ3v) is 5.28. The largest absolute Gasteiger partial charge is 0.419 e. The lowest BCUT2D eigenvalue weighted by molar-refractivity contribution is 0.0681. The molecule has 4 nitrogen and oxygen atoms in total. The average molecular weight is 451 g/mol. The number of hydrogen-bond donors (Lipinski definition) is 0. The van der Waals surface area contributed by atoms with Gasteiger partial charge >= 0.3 is 11.9 Å². The number of rotatable bonds is 7. The molecule has 0 heterocycles. The Morgan fingerprint density at radius 3 is 1.68 bits per heavy atom. The zero-order chi connectivity index (χ0) is 23.9. The molecular weight excluding hydrogens is 424 g/mol. The summed E-state index contributed by atoms with van der Waals surface area (Å²) in [6, 6.07) is 31.1. The smallest absolute Gasteiger partial charge is 0.343 e. The van der Waals surface area contributed by atoms with Crippen LogP contribution in [0.2, 0.25) is 0 Å². The summed E-state index contributed by atoms with van der Waals surface area (Å²) in [5.74, 6) is -0.243. The molecule has 0 saturated carbocycles. The molecule has 0 aliphatic carbocycles. The standard InChI is InChI=1S/C30H26O4/c1-21(2)18-26-19-25(22-12-6-3-7-13-22)20-27(33-29(31)23-14-8-4-9-15-23)28(26)34-30(32)24-16-10-5-11-17-24/h3-17,19-21H,18H2,1-2H3. The lowest BCUT2D eigenvalue weighted by Crippen LogP contribution is -2.14. The maximum absolute atomic E-state index is 13.0. The zero-order valence-corrected chi connectivity index (χ0v) is 19.2. The van der Waals surface area contributed by atoms with Gasteiger partial charge in [-0.25, -0.2) is 9.59 Å². The van der Waals surface area contributed by atoms with Gasteiger partial charge in [-0.15, -0.1) is 0 Å². The number of esters is 2. The first kappa shape index (κ1) is 23.0. The SMILES string of the molecule is CC(C)Cc1cc(-c2ccccc2)cc(OC(=O)c2ccccc2)c1OC(=O)c1ccccc1. The Bertz CT molecular complexity index is 1260. The van der Waals surface area contributed by atoms with Crippen molar-refractivity contribution in [2.45, 2.75) is 20.3 Å². The first-order valence-electron chi connectivity index (χ1n) is 11.3. The molecule has 34 heavy (non-hydrogen) atoms. The van der Waals surface area contributed by atoms with Gasteiger partial charge in [-0.2, -0.15) is 0 Å². The number of carbonyl (C=O) groups excluding carboxylic acids is 2. The maximum atomic E-state index is 13.0. The third kappa shape index (κ3) is 5.59. The molecule has 0 atom stereocenters. The first-order chi connectivity index (χ1) is 16.5. The highest BCUT2D eigenvalue weighted by Crippen LogP contribution is 2.39. The highest BCUT2D eigenvalue weighted by molar-refractivity contribution is 5.94. The quantitative estimate of drug-likeness (QED) is 0.225. The summed E-state index contributed by atoms with van der Waals surface area (Å²) in [5, 5.41) is 0. The van der Waals surface area contributed by atoms with E-state index in [-0.39, 0.29) is 17.4 Å². The summed E-state index contributed by atoms with van der Waals surface area (Å²) in [6.07, 6.45) is 0.647. The minimum absolute atomic E-state index is 0.218. The molecule has 0 aromatic heterocycles. The number of carbonyl (C=O) groups is 2. The predicted molar refractivity (Wildman–Crippen MR) is 133 cm³/mol. The summed E-state index contributed by atoms with van der Waals surface area (Å²) in [5.41, 5.74) is 3.50. The van der Waals surface area contributed by atoms with Crippen LogP contribution in [0.3, 0.4) is 0 Å². The second kappa shape index (κ2) is 10.6. The van der Waals surface area contributed by atoms with Crippen molar-refractivity contribution in [3.8, 4) is 22.6 Å². The fraction of sp³-hybridized carbons (Fsp3) is 0.133. The van der Waals surface area contributed by atoms with Gasteiger partial charge in [0.2, 0.25) is 0 Å². The summed E-state index contributed by atoms with van der Waals surface area (Å²) >= 11 is 0. The van der Waals surface area contributed by atoms with E-state index in [2.05, 4.69) is 13.8 Å². The van der Waals surface area contributed by atoms with Gasteiger partial charge in [0, 0.05) is 0 Å². The number of benzene rings is 4. The molecule has 4 aromatic rings. The predicted octanol–water partition coefficient (Wildman–Crippen LogP) is 6.99. The Morgan fingerprint density at radius 2 is 1.15 bits per heavy atom. The van der Waals surface area contributed by atoms with E-state index in [0.29, 0.717) is 17.5 Å². The van der Waals surface area contributed by atoms with Crippen LogP contribution in [0.4, 0.5) is 0 Å². The summed E-state index contributed by atoms with van der Waals surface area (Å²) in [7, 11) is 0. The molecule has 0 saturated heterocycles. The molecule has 0 aliphatic heterocycles. The fourth-order valence-electron chi connectivity index (χ4n) is 3.70. The molecule has 0 unspecified atom stereocenters. The Balaban J connectivity index is 1.81. The van der Waals surface area contributed by atoms with Gasteiger partial charge in [0.05, 0.1) is 11.1 Å². The van der Waals surface area contributed by atoms with Crippen molar-refractivity contribution in [1.29, 1.82) is 0 Å². The van der Waals surface area contributed by atoms with Gasteiger partial charge in [-0.1, -0.05) is 80.6 Å². The Morgan fingerprint density at radius 1 is 0.647 bits per heavy atom. The van der Waals surface area contributed by atoms with Crippen molar-refractivity contribution in [3.05, 3.63) is 120 Å². The van der Waals surface area contributed by atoms with Crippen LogP contribution in [0.1, 0.15) is 40.1 Å². The van der Waals surface area contributed by atoms with Gasteiger partial charge in [0.25, 0.3) is 0 Å². The van der Waals surface area contributed by atoms with E-state index in [1.165, 1.54) is 0 Å². The Hall–Kier alpha value is -4.18. The monoisotopic (exact) mass is 450 g/mol. The summed E-state index contributed by atoms with van der Waals surface area (Å²) in [4.78, 5) is 25.9. The van der Waals surface area contributed by atoms with Crippen LogP contribution >= 0.6 is 0 Å².